The Hall–Kier alpha value is -3.75. The minimum Gasteiger partial charge on any atom is -0.451 e. The Kier molecular flexibility index (Phi) is 7.24. The molecule has 0 heterocycles. The second kappa shape index (κ2) is 9.64. The van der Waals surface area contributed by atoms with Crippen LogP contribution < -0.4 is 10.6 Å². The van der Waals surface area contributed by atoms with Crippen LogP contribution in [-0.2, 0) is 14.3 Å². The van der Waals surface area contributed by atoms with E-state index in [-0.39, 0.29) is 11.3 Å². The van der Waals surface area contributed by atoms with E-state index in [4.69, 9.17) is 4.74 Å². The number of esters is 1. The lowest BCUT2D eigenvalue weighted by atomic mass is 10.1. The Morgan fingerprint density at radius 1 is 1.07 bits per heavy atom. The molecule has 2 aromatic rings. The molecule has 9 heteroatoms. The van der Waals surface area contributed by atoms with Gasteiger partial charge in [0.05, 0.1) is 4.92 Å². The van der Waals surface area contributed by atoms with Crippen LogP contribution in [-0.4, -0.2) is 34.9 Å². The van der Waals surface area contributed by atoms with Crippen molar-refractivity contribution in [3.05, 3.63) is 69.3 Å². The molecule has 0 unspecified atom stereocenters. The predicted molar refractivity (Wildman–Crippen MR) is 110 cm³/mol. The maximum absolute atomic E-state index is 12.3. The molecule has 0 saturated carbocycles. The maximum atomic E-state index is 12.3. The van der Waals surface area contributed by atoms with Crippen molar-refractivity contribution in [3.8, 4) is 0 Å². The molecule has 0 aliphatic rings. The fourth-order valence-electron chi connectivity index (χ4n) is 2.62. The molecule has 0 fully saturated rings. The zero-order valence-electron chi connectivity index (χ0n) is 17.1. The molecule has 0 aliphatic carbocycles. The average molecular weight is 413 g/mol. The highest BCUT2D eigenvalue weighted by molar-refractivity contribution is 5.98. The van der Waals surface area contributed by atoms with Gasteiger partial charge < -0.3 is 15.4 Å². The zero-order chi connectivity index (χ0) is 22.4. The van der Waals surface area contributed by atoms with E-state index in [0.29, 0.717) is 5.69 Å². The van der Waals surface area contributed by atoms with Crippen molar-refractivity contribution in [1.29, 1.82) is 0 Å². The molecule has 2 N–H and O–H groups in total. The smallest absolute Gasteiger partial charge is 0.329 e. The van der Waals surface area contributed by atoms with Crippen LogP contribution in [0.5, 0.6) is 0 Å². The third-order valence-electron chi connectivity index (χ3n) is 4.32. The molecule has 0 bridgehead atoms. The molecule has 158 valence electrons. The number of carbonyl (C=O) groups is 3. The Morgan fingerprint density at radius 3 is 2.40 bits per heavy atom. The van der Waals surface area contributed by atoms with E-state index in [1.807, 2.05) is 26.0 Å². The summed E-state index contributed by atoms with van der Waals surface area (Å²) in [4.78, 5) is 47.0. The van der Waals surface area contributed by atoms with Gasteiger partial charge in [-0.15, -0.1) is 0 Å². The largest absolute Gasteiger partial charge is 0.451 e. The normalized spacial score (nSPS) is 12.4. The van der Waals surface area contributed by atoms with Gasteiger partial charge in [-0.1, -0.05) is 23.8 Å². The van der Waals surface area contributed by atoms with E-state index < -0.39 is 34.9 Å². The number of nitro benzene ring substituents is 1. The zero-order valence-corrected chi connectivity index (χ0v) is 17.1. The van der Waals surface area contributed by atoms with Gasteiger partial charge in [-0.25, -0.2) is 4.79 Å². The number of anilines is 1. The first-order valence-electron chi connectivity index (χ1n) is 9.22. The van der Waals surface area contributed by atoms with Crippen LogP contribution in [0.1, 0.15) is 35.3 Å². The lowest BCUT2D eigenvalue weighted by Gasteiger charge is -2.18. The summed E-state index contributed by atoms with van der Waals surface area (Å²) < 4.78 is 5.13. The standard InChI is InChI=1S/C21H23N3O6/c1-12-8-9-18(13(2)10-12)23-19(25)15(4)30-21(27)14(3)22-20(26)16-6-5-7-17(11-16)24(28)29/h5-11,14-15H,1-4H3,(H,22,26)(H,23,25)/t14-,15+/m0/s1. The molecule has 0 spiro atoms. The Morgan fingerprint density at radius 2 is 1.77 bits per heavy atom. The molecule has 2 rings (SSSR count). The number of hydrogen-bond donors (Lipinski definition) is 2. The van der Waals surface area contributed by atoms with Gasteiger partial charge >= 0.3 is 5.97 Å². The van der Waals surface area contributed by atoms with Crippen molar-refractivity contribution in [1.82, 2.24) is 5.32 Å². The van der Waals surface area contributed by atoms with Crippen molar-refractivity contribution in [2.75, 3.05) is 5.32 Å². The van der Waals surface area contributed by atoms with E-state index >= 15 is 0 Å². The number of nitrogens with one attached hydrogen (secondary N) is 2. The van der Waals surface area contributed by atoms with E-state index in [9.17, 15) is 24.5 Å². The number of carbonyl (C=O) groups excluding carboxylic acids is 3. The number of benzene rings is 2. The molecule has 0 saturated heterocycles. The van der Waals surface area contributed by atoms with Gasteiger partial charge in [-0.05, 0) is 45.4 Å². The number of rotatable bonds is 7. The molecule has 9 nitrogen and oxygen atoms in total. The van der Waals surface area contributed by atoms with E-state index in [1.54, 1.807) is 6.07 Å². The molecule has 2 aromatic carbocycles. The van der Waals surface area contributed by atoms with Crippen LogP contribution in [0.15, 0.2) is 42.5 Å². The summed E-state index contributed by atoms with van der Waals surface area (Å²) in [7, 11) is 0. The summed E-state index contributed by atoms with van der Waals surface area (Å²) in [6.45, 7) is 6.61. The molecule has 0 aliphatic heterocycles. The van der Waals surface area contributed by atoms with Crippen LogP contribution >= 0.6 is 0 Å². The highest BCUT2D eigenvalue weighted by atomic mass is 16.6. The van der Waals surface area contributed by atoms with Gasteiger partial charge in [0.1, 0.15) is 6.04 Å². The summed E-state index contributed by atoms with van der Waals surface area (Å²) in [5.74, 6) is -1.99. The molecular formula is C21H23N3O6. The second-order valence-corrected chi connectivity index (χ2v) is 6.89. The lowest BCUT2D eigenvalue weighted by molar-refractivity contribution is -0.384. The van der Waals surface area contributed by atoms with Crippen LogP contribution in [0.2, 0.25) is 0 Å². The van der Waals surface area contributed by atoms with Gasteiger partial charge in [0.2, 0.25) is 0 Å². The average Bonchev–Trinajstić information content (AvgIpc) is 2.69. The molecular weight excluding hydrogens is 390 g/mol. The van der Waals surface area contributed by atoms with E-state index in [0.717, 1.165) is 17.2 Å². The highest BCUT2D eigenvalue weighted by Crippen LogP contribution is 2.17. The van der Waals surface area contributed by atoms with Crippen molar-refractivity contribution < 1.29 is 24.0 Å². The van der Waals surface area contributed by atoms with Crippen LogP contribution in [0, 0.1) is 24.0 Å². The molecule has 0 aromatic heterocycles. The lowest BCUT2D eigenvalue weighted by Crippen LogP contribution is -2.42. The third kappa shape index (κ3) is 5.87. The SMILES string of the molecule is Cc1ccc(NC(=O)[C@@H](C)OC(=O)[C@H](C)NC(=O)c2cccc([N+](=O)[O-])c2)c(C)c1. The summed E-state index contributed by atoms with van der Waals surface area (Å²) in [6, 6.07) is 9.59. The van der Waals surface area contributed by atoms with E-state index in [2.05, 4.69) is 10.6 Å². The summed E-state index contributed by atoms with van der Waals surface area (Å²) in [6.07, 6.45) is -1.09. The van der Waals surface area contributed by atoms with Crippen molar-refractivity contribution in [2.45, 2.75) is 39.8 Å². The van der Waals surface area contributed by atoms with Crippen LogP contribution in [0.4, 0.5) is 11.4 Å². The summed E-state index contributed by atoms with van der Waals surface area (Å²) in [5, 5.41) is 15.9. The Labute approximate surface area is 173 Å². The topological polar surface area (TPSA) is 128 Å². The van der Waals surface area contributed by atoms with Gasteiger partial charge in [-0.2, -0.15) is 0 Å². The number of aryl methyl sites for hydroxylation is 2. The van der Waals surface area contributed by atoms with Gasteiger partial charge in [0.25, 0.3) is 17.5 Å². The van der Waals surface area contributed by atoms with Crippen LogP contribution in [0.25, 0.3) is 0 Å². The number of hydrogen-bond acceptors (Lipinski definition) is 6. The van der Waals surface area contributed by atoms with Gasteiger partial charge in [0, 0.05) is 23.4 Å². The summed E-state index contributed by atoms with van der Waals surface area (Å²) >= 11 is 0. The fraction of sp³-hybridized carbons (Fsp3) is 0.286. The first kappa shape index (κ1) is 22.5. The Balaban J connectivity index is 1.94. The van der Waals surface area contributed by atoms with Gasteiger partial charge in [-0.3, -0.25) is 19.7 Å². The van der Waals surface area contributed by atoms with Crippen molar-refractivity contribution >= 4 is 29.2 Å². The summed E-state index contributed by atoms with van der Waals surface area (Å²) in [5.41, 5.74) is 2.33. The minimum absolute atomic E-state index is 0.0319. The number of amides is 2. The first-order valence-corrected chi connectivity index (χ1v) is 9.22. The fourth-order valence-corrected chi connectivity index (χ4v) is 2.62. The number of nitro groups is 1. The Bertz CT molecular complexity index is 988. The molecule has 2 amide bonds. The quantitative estimate of drug-likeness (QED) is 0.408. The predicted octanol–water partition coefficient (Wildman–Crippen LogP) is 2.90. The number of non-ortho nitro benzene ring substituents is 1. The van der Waals surface area contributed by atoms with E-state index in [1.165, 1.54) is 32.0 Å². The van der Waals surface area contributed by atoms with Gasteiger partial charge in [0.15, 0.2) is 6.10 Å². The number of nitrogens with zero attached hydrogens (tertiary/aromatic N) is 1. The monoisotopic (exact) mass is 413 g/mol. The molecule has 30 heavy (non-hydrogen) atoms. The third-order valence-corrected chi connectivity index (χ3v) is 4.32. The first-order chi connectivity index (χ1) is 14.1. The van der Waals surface area contributed by atoms with Crippen LogP contribution in [0.3, 0.4) is 0 Å². The number of ether oxygens (including phenoxy) is 1. The second-order valence-electron chi connectivity index (χ2n) is 6.89. The molecule has 0 radical (unpaired) electrons. The van der Waals surface area contributed by atoms with Crippen molar-refractivity contribution in [2.24, 2.45) is 0 Å². The van der Waals surface area contributed by atoms with Crippen molar-refractivity contribution in [3.63, 3.8) is 0 Å². The maximum Gasteiger partial charge on any atom is 0.329 e. The highest BCUT2D eigenvalue weighted by Gasteiger charge is 2.24. The molecule has 2 atom stereocenters. The minimum atomic E-state index is -1.09.